The van der Waals surface area contributed by atoms with E-state index in [1.165, 1.54) is 0 Å². The largest absolute Gasteiger partial charge is 0.494 e. The lowest BCUT2D eigenvalue weighted by Gasteiger charge is -2.44. The number of amides is 2. The number of fused-ring (bicyclic) bond motifs is 1. The number of carboxylic acids is 1. The van der Waals surface area contributed by atoms with Crippen LogP contribution in [0.25, 0.3) is 10.9 Å². The zero-order chi connectivity index (χ0) is 31.9. The Kier molecular flexibility index (Phi) is 7.92. The molecular weight excluding hydrogens is 570 g/mol. The maximum absolute atomic E-state index is 13.5. The standard InChI is InChI=1S/C35H37N5O5/c1-22-20-27-28(21-26(22)33(43)44)39(3)32(42)29(27)30(23-8-5-4-6-9-23)37-25-12-10-24(11-13-25)31(41)40-18-14-35(15-19-40)34(45)36-16-7-17-38(35)2/h4-6,8-13,20-21,42H,7,14-19H2,1-3H3,(H,36,45)(H,43,44). The number of aromatic nitrogens is 1. The van der Waals surface area contributed by atoms with Gasteiger partial charge in [-0.15, -0.1) is 0 Å². The topological polar surface area (TPSA) is 127 Å². The van der Waals surface area contributed by atoms with Gasteiger partial charge < -0.3 is 25.0 Å². The van der Waals surface area contributed by atoms with E-state index in [9.17, 15) is 24.6 Å². The Morgan fingerprint density at radius 3 is 2.29 bits per heavy atom. The number of likely N-dealkylation sites (tertiary alicyclic amines) is 1. The lowest BCUT2D eigenvalue weighted by atomic mass is 9.85. The number of aromatic carboxylic acids is 1. The van der Waals surface area contributed by atoms with E-state index in [1.807, 2.05) is 42.3 Å². The second-order valence-electron chi connectivity index (χ2n) is 12.0. The molecule has 2 saturated heterocycles. The van der Waals surface area contributed by atoms with Crippen molar-refractivity contribution in [3.8, 4) is 5.88 Å². The Balaban J connectivity index is 1.31. The van der Waals surface area contributed by atoms with Gasteiger partial charge in [0.2, 0.25) is 11.8 Å². The molecule has 3 aromatic carbocycles. The molecule has 3 heterocycles. The number of aromatic hydroxyl groups is 1. The molecule has 2 aliphatic heterocycles. The average Bonchev–Trinajstić information content (AvgIpc) is 3.20. The van der Waals surface area contributed by atoms with Gasteiger partial charge in [-0.2, -0.15) is 0 Å². The van der Waals surface area contributed by atoms with E-state index in [0.717, 1.165) is 18.5 Å². The summed E-state index contributed by atoms with van der Waals surface area (Å²) in [5, 5.41) is 24.7. The quantitative estimate of drug-likeness (QED) is 0.287. The Labute approximate surface area is 261 Å². The molecule has 2 fully saturated rings. The van der Waals surface area contributed by atoms with E-state index < -0.39 is 11.5 Å². The highest BCUT2D eigenvalue weighted by Crippen LogP contribution is 2.36. The van der Waals surface area contributed by atoms with Crippen LogP contribution in [0.3, 0.4) is 0 Å². The van der Waals surface area contributed by atoms with Crippen LogP contribution in [-0.2, 0) is 11.8 Å². The van der Waals surface area contributed by atoms with E-state index in [-0.39, 0.29) is 23.3 Å². The molecule has 45 heavy (non-hydrogen) atoms. The van der Waals surface area contributed by atoms with Crippen molar-refractivity contribution in [2.75, 3.05) is 33.2 Å². The lowest BCUT2D eigenvalue weighted by molar-refractivity contribution is -0.134. The molecule has 0 unspecified atom stereocenters. The molecule has 0 bridgehead atoms. The van der Waals surface area contributed by atoms with E-state index >= 15 is 0 Å². The van der Waals surface area contributed by atoms with Gasteiger partial charge in [-0.3, -0.25) is 14.5 Å². The first kappa shape index (κ1) is 30.1. The first-order valence-corrected chi connectivity index (χ1v) is 15.2. The first-order valence-electron chi connectivity index (χ1n) is 15.2. The Hall–Kier alpha value is -4.96. The van der Waals surface area contributed by atoms with Crippen LogP contribution < -0.4 is 5.32 Å². The second kappa shape index (κ2) is 11.9. The summed E-state index contributed by atoms with van der Waals surface area (Å²) in [6.45, 7) is 4.26. The summed E-state index contributed by atoms with van der Waals surface area (Å²) in [6, 6.07) is 19.9. The Morgan fingerprint density at radius 2 is 1.62 bits per heavy atom. The highest BCUT2D eigenvalue weighted by atomic mass is 16.4. The summed E-state index contributed by atoms with van der Waals surface area (Å²) in [5.41, 5.74) is 3.67. The van der Waals surface area contributed by atoms with Crippen molar-refractivity contribution >= 4 is 40.1 Å². The maximum atomic E-state index is 13.5. The molecule has 0 radical (unpaired) electrons. The van der Waals surface area contributed by atoms with Gasteiger partial charge in [-0.05, 0) is 75.2 Å². The molecule has 1 aromatic heterocycles. The maximum Gasteiger partial charge on any atom is 0.336 e. The molecule has 1 spiro atoms. The molecule has 232 valence electrons. The third kappa shape index (κ3) is 5.35. The lowest BCUT2D eigenvalue weighted by Crippen LogP contribution is -2.61. The number of carboxylic acid groups (broad SMARTS) is 1. The predicted molar refractivity (Wildman–Crippen MR) is 173 cm³/mol. The molecule has 4 aromatic rings. The molecule has 10 heteroatoms. The van der Waals surface area contributed by atoms with Gasteiger partial charge in [0.25, 0.3) is 5.91 Å². The van der Waals surface area contributed by atoms with Crippen LogP contribution >= 0.6 is 0 Å². The molecule has 2 aliphatic rings. The summed E-state index contributed by atoms with van der Waals surface area (Å²) in [4.78, 5) is 47.1. The molecular formula is C35H37N5O5. The van der Waals surface area contributed by atoms with Gasteiger partial charge in [-0.1, -0.05) is 30.3 Å². The van der Waals surface area contributed by atoms with Crippen molar-refractivity contribution in [2.24, 2.45) is 12.0 Å². The number of piperidine rings is 1. The predicted octanol–water partition coefficient (Wildman–Crippen LogP) is 4.49. The van der Waals surface area contributed by atoms with Crippen LogP contribution in [0.5, 0.6) is 5.88 Å². The number of nitrogens with one attached hydrogen (secondary N) is 1. The van der Waals surface area contributed by atoms with Gasteiger partial charge in [0.1, 0.15) is 5.54 Å². The number of likely N-dealkylation sites (N-methyl/N-ethyl adjacent to an activating group) is 1. The van der Waals surface area contributed by atoms with Gasteiger partial charge in [0.15, 0.2) is 0 Å². The second-order valence-corrected chi connectivity index (χ2v) is 12.0. The number of hydrogen-bond donors (Lipinski definition) is 3. The van der Waals surface area contributed by atoms with Crippen molar-refractivity contribution in [1.29, 1.82) is 0 Å². The van der Waals surface area contributed by atoms with Crippen LogP contribution in [0.1, 0.15) is 56.7 Å². The molecule has 0 aliphatic carbocycles. The fourth-order valence-electron chi connectivity index (χ4n) is 6.65. The van der Waals surface area contributed by atoms with Crippen molar-refractivity contribution in [1.82, 2.24) is 19.7 Å². The fraction of sp³-hybridized carbons (Fsp3) is 0.314. The number of rotatable bonds is 5. The Bertz CT molecular complexity index is 1820. The van der Waals surface area contributed by atoms with E-state index in [4.69, 9.17) is 4.99 Å². The van der Waals surface area contributed by atoms with Crippen LogP contribution in [0.15, 0.2) is 71.7 Å². The first-order chi connectivity index (χ1) is 21.6. The fourth-order valence-corrected chi connectivity index (χ4v) is 6.65. The molecule has 6 rings (SSSR count). The summed E-state index contributed by atoms with van der Waals surface area (Å²) >= 11 is 0. The number of benzene rings is 3. The smallest absolute Gasteiger partial charge is 0.336 e. The van der Waals surface area contributed by atoms with Crippen LogP contribution in [0.4, 0.5) is 5.69 Å². The minimum Gasteiger partial charge on any atom is -0.494 e. The number of aryl methyl sites for hydroxylation is 2. The third-order valence-electron chi connectivity index (χ3n) is 9.37. The van der Waals surface area contributed by atoms with Gasteiger partial charge in [-0.25, -0.2) is 9.79 Å². The van der Waals surface area contributed by atoms with Crippen LogP contribution in [-0.4, -0.2) is 86.8 Å². The number of nitrogens with zero attached hydrogens (tertiary/aromatic N) is 4. The number of hydrogen-bond acceptors (Lipinski definition) is 6. The van der Waals surface area contributed by atoms with E-state index in [1.54, 1.807) is 54.9 Å². The van der Waals surface area contributed by atoms with Crippen molar-refractivity contribution < 1.29 is 24.6 Å². The van der Waals surface area contributed by atoms with E-state index in [0.29, 0.717) is 71.5 Å². The highest BCUT2D eigenvalue weighted by molar-refractivity contribution is 6.22. The molecule has 3 N–H and O–H groups in total. The van der Waals surface area contributed by atoms with Crippen molar-refractivity contribution in [2.45, 2.75) is 31.7 Å². The summed E-state index contributed by atoms with van der Waals surface area (Å²) < 4.78 is 1.57. The molecule has 2 amide bonds. The van der Waals surface area contributed by atoms with Crippen LogP contribution in [0.2, 0.25) is 0 Å². The number of aliphatic imine (C=N–C) groups is 1. The molecule has 0 saturated carbocycles. The highest BCUT2D eigenvalue weighted by Gasteiger charge is 2.46. The minimum absolute atomic E-state index is 0.0304. The SMILES string of the molecule is Cc1cc2c(C(=Nc3ccc(C(=O)N4CCC5(CC4)C(=O)NCCCN5C)cc3)c3ccccc3)c(O)n(C)c2cc1C(=O)O. The average molecular weight is 608 g/mol. The van der Waals surface area contributed by atoms with Gasteiger partial charge in [0.05, 0.1) is 28.0 Å². The van der Waals surface area contributed by atoms with Crippen LogP contribution in [0, 0.1) is 6.92 Å². The summed E-state index contributed by atoms with van der Waals surface area (Å²) in [6.07, 6.45) is 2.09. The summed E-state index contributed by atoms with van der Waals surface area (Å²) in [5.74, 6) is -1.09. The molecule has 0 atom stereocenters. The zero-order valence-electron chi connectivity index (χ0n) is 25.7. The number of carbonyl (C=O) groups excluding carboxylic acids is 2. The molecule has 10 nitrogen and oxygen atoms in total. The summed E-state index contributed by atoms with van der Waals surface area (Å²) in [7, 11) is 3.69. The monoisotopic (exact) mass is 607 g/mol. The van der Waals surface area contributed by atoms with Gasteiger partial charge in [0, 0.05) is 49.7 Å². The minimum atomic E-state index is -1.03. The van der Waals surface area contributed by atoms with Gasteiger partial charge >= 0.3 is 5.97 Å². The Morgan fingerprint density at radius 1 is 0.933 bits per heavy atom. The number of carbonyl (C=O) groups is 3. The zero-order valence-corrected chi connectivity index (χ0v) is 25.7. The third-order valence-corrected chi connectivity index (χ3v) is 9.37. The van der Waals surface area contributed by atoms with Crippen molar-refractivity contribution in [3.05, 3.63) is 94.5 Å². The van der Waals surface area contributed by atoms with Crippen molar-refractivity contribution in [3.63, 3.8) is 0 Å². The van der Waals surface area contributed by atoms with E-state index in [2.05, 4.69) is 10.2 Å². The normalized spacial score (nSPS) is 17.4.